The Morgan fingerprint density at radius 3 is 0.574 bits per heavy atom. The number of carbonyl (C=O) groups is 4. The molecule has 0 saturated heterocycles. The van der Waals surface area contributed by atoms with E-state index in [9.17, 15) is 60.0 Å². The minimum absolute atomic E-state index is 0. The number of carbonyl (C=O) groups excluding carboxylic acids is 4. The summed E-state index contributed by atoms with van der Waals surface area (Å²) in [6, 6.07) is 32.3. The fourth-order valence-corrected chi connectivity index (χ4v) is 3.14. The van der Waals surface area contributed by atoms with Crippen LogP contribution in [-0.4, -0.2) is 125 Å². The topological polar surface area (TPSA) is 438 Å². The van der Waals surface area contributed by atoms with E-state index in [2.05, 4.69) is 0 Å². The van der Waals surface area contributed by atoms with Gasteiger partial charge in [-0.3, -0.25) is 0 Å². The van der Waals surface area contributed by atoms with Crippen LogP contribution in [0.5, 0.6) is 0 Å². The van der Waals surface area contributed by atoms with Crippen LogP contribution in [0.2, 0.25) is 0 Å². The maximum atomic E-state index is 10.1. The number of rotatable bonds is 12. The summed E-state index contributed by atoms with van der Waals surface area (Å²) in [7, 11) is 5.05. The van der Waals surface area contributed by atoms with Gasteiger partial charge in [-0.05, 0) is 62.5 Å². The Labute approximate surface area is 476 Å². The molecule has 0 heterocycles. The maximum absolute atomic E-state index is 10.1. The predicted molar refractivity (Wildman–Crippen MR) is 210 cm³/mol. The fraction of sp³-hybridized carbons (Fsp3) is 0.300. The monoisotopic (exact) mass is 1330 g/mol. The van der Waals surface area contributed by atoms with Crippen LogP contribution in [0.4, 0.5) is 0 Å². The van der Waals surface area contributed by atoms with Crippen molar-refractivity contribution in [3.05, 3.63) is 174 Å². The van der Waals surface area contributed by atoms with Crippen LogP contribution in [-0.2, 0) is 34.7 Å². The molecule has 0 unspecified atom stereocenters. The van der Waals surface area contributed by atoms with Crippen molar-refractivity contribution in [2.24, 2.45) is 0 Å². The summed E-state index contributed by atoms with van der Waals surface area (Å²) in [6.45, 7) is 1.49. The molecule has 0 fully saturated rings. The Morgan fingerprint density at radius 2 is 0.500 bits per heavy atom. The minimum atomic E-state index is -1.75. The van der Waals surface area contributed by atoms with Crippen LogP contribution in [0.15, 0.2) is 121 Å². The second-order valence-corrected chi connectivity index (χ2v) is 10.5. The molecule has 0 aromatic heterocycles. The van der Waals surface area contributed by atoms with E-state index in [0.717, 1.165) is 14.2 Å². The predicted octanol–water partition coefficient (Wildman–Crippen LogP) is -7.05. The second-order valence-electron chi connectivity index (χ2n) is 10.5. The van der Waals surface area contributed by atoms with Crippen LogP contribution in [0, 0.1) is 108 Å². The van der Waals surface area contributed by atoms with Gasteiger partial charge >= 0.3 is 112 Å². The average molecular weight is 1330 g/mol. The molecule has 24 nitrogen and oxygen atoms in total. The minimum Gasteiger partial charge on any atom is -0.857 e. The van der Waals surface area contributed by atoms with Crippen molar-refractivity contribution in [1.82, 2.24) is 9.80 Å². The van der Waals surface area contributed by atoms with Crippen molar-refractivity contribution in [3.8, 4) is 0 Å². The van der Waals surface area contributed by atoms with E-state index >= 15 is 0 Å². The van der Waals surface area contributed by atoms with Crippen LogP contribution in [0.1, 0.15) is 41.4 Å². The SMILES string of the molecule is CN(CC[O-])CC[O-].CN(CC[O-])CC[O-].C[O-].C[O-].O=C([O-])c1ccccc1.O=C([O-])c1ccccc1.O=C([O-])c1ccccc1.O=C([O-])c1ccccc1.O=[N+]([O-])[O-].O=[N+]([O-])[O-].[Cr+4].[Cr+4].[Tb+3].[Tb+3]. The van der Waals surface area contributed by atoms with E-state index in [4.69, 9.17) is 40.9 Å². The summed E-state index contributed by atoms with van der Waals surface area (Å²) in [5.74, 6) is -4.52. The number of likely N-dealkylation sites (N-methyl/N-ethyl adjacent to an activating group) is 2. The van der Waals surface area contributed by atoms with Crippen LogP contribution >= 0.6 is 0 Å². The second kappa shape index (κ2) is 67.7. The standard InChI is InChI=1S/4C7H6O2.2C5H11NO2.2CH3O.2Cr.2NO3.2Tb/c4*8-7(9)6-4-2-1-3-5-6;2*1-6(2-4-7)3-5-8;2*1-2;;;2*2-1(3)4;;/h4*1-5H,(H,8,9);2*2-5H2,1H3;2*1H3;;;;;;/q;;;;2*-2;2*-1;2*+4;2*-1;2*+3/p-4. The summed E-state index contributed by atoms with van der Waals surface area (Å²) in [5.41, 5.74) is 0.880. The number of nitrogens with zero attached hydrogens (tertiary/aromatic N) is 4. The van der Waals surface area contributed by atoms with Crippen molar-refractivity contribution in [3.63, 3.8) is 0 Å². The molecule has 0 bridgehead atoms. The third kappa shape index (κ3) is 74.0. The van der Waals surface area contributed by atoms with Gasteiger partial charge in [0.15, 0.2) is 0 Å². The average Bonchev–Trinajstić information content (AvgIpc) is 3.27. The molecule has 0 atom stereocenters. The Kier molecular flexibility index (Phi) is 87.2. The first-order chi connectivity index (χ1) is 30.3. The smallest absolute Gasteiger partial charge is 0.857 e. The molecular formula is C40H48Cr2N4O20Tb2+2. The Balaban J connectivity index is -0.0000000701. The molecule has 0 aliphatic rings. The van der Waals surface area contributed by atoms with Gasteiger partial charge in [-0.25, -0.2) is 0 Å². The molecule has 4 aromatic carbocycles. The maximum Gasteiger partial charge on any atom is 4.00 e. The zero-order chi connectivity index (χ0) is 50.7. The number of benzene rings is 4. The molecule has 0 aliphatic carbocycles. The summed E-state index contributed by atoms with van der Waals surface area (Å²) >= 11 is 0. The summed E-state index contributed by atoms with van der Waals surface area (Å²) in [6.07, 6.45) is 0. The molecule has 0 radical (unpaired) electrons. The quantitative estimate of drug-likeness (QED) is 0.0939. The van der Waals surface area contributed by atoms with Gasteiger partial charge in [-0.1, -0.05) is 121 Å². The Hall–Kier alpha value is -3.52. The molecule has 0 N–H and O–H groups in total. The largest absolute Gasteiger partial charge is 4.00 e. The van der Waals surface area contributed by atoms with E-state index in [1.165, 1.54) is 48.5 Å². The first kappa shape index (κ1) is 87.5. The van der Waals surface area contributed by atoms with E-state index in [1.807, 2.05) is 0 Å². The van der Waals surface area contributed by atoms with Crippen molar-refractivity contribution in [2.45, 2.75) is 0 Å². The molecule has 0 amide bonds. The number of hydrogen-bond acceptors (Lipinski definition) is 22. The van der Waals surface area contributed by atoms with Gasteiger partial charge in [0.25, 0.3) is 0 Å². The third-order valence-corrected chi connectivity index (χ3v) is 5.93. The Bertz CT molecular complexity index is 1460. The van der Waals surface area contributed by atoms with Crippen LogP contribution < -0.4 is 51.1 Å². The van der Waals surface area contributed by atoms with Gasteiger partial charge in [0.05, 0.1) is 34.1 Å². The first-order valence-electron chi connectivity index (χ1n) is 17.5. The van der Waals surface area contributed by atoms with Crippen molar-refractivity contribution in [2.75, 3.05) is 80.9 Å². The van der Waals surface area contributed by atoms with E-state index in [1.54, 1.807) is 96.7 Å². The van der Waals surface area contributed by atoms with Crippen molar-refractivity contribution >= 4 is 23.9 Å². The van der Waals surface area contributed by atoms with E-state index < -0.39 is 34.1 Å². The zero-order valence-corrected chi connectivity index (χ0v) is 43.5. The molecule has 0 aliphatic heterocycles. The van der Waals surface area contributed by atoms with Gasteiger partial charge in [0.1, 0.15) is 0 Å². The van der Waals surface area contributed by atoms with E-state index in [-0.39, 0.29) is 161 Å². The fourth-order valence-electron chi connectivity index (χ4n) is 3.14. The van der Waals surface area contributed by atoms with Gasteiger partial charge in [-0.15, -0.1) is 26.4 Å². The van der Waals surface area contributed by atoms with Crippen LogP contribution in [0.25, 0.3) is 0 Å². The molecule has 0 spiro atoms. The molecular weight excluding hydrogens is 1280 g/mol. The summed E-state index contributed by atoms with van der Waals surface area (Å²) in [4.78, 5) is 60.3. The number of aromatic carboxylic acids is 4. The molecule has 376 valence electrons. The molecule has 4 rings (SSSR count). The Morgan fingerprint density at radius 1 is 0.382 bits per heavy atom. The van der Waals surface area contributed by atoms with Crippen molar-refractivity contribution in [1.29, 1.82) is 0 Å². The molecule has 0 saturated carbocycles. The summed E-state index contributed by atoms with van der Waals surface area (Å²) < 4.78 is 0. The molecule has 4 aromatic rings. The van der Waals surface area contributed by atoms with Gasteiger partial charge < -0.3 is 111 Å². The van der Waals surface area contributed by atoms with E-state index in [0.29, 0.717) is 26.2 Å². The van der Waals surface area contributed by atoms with Gasteiger partial charge in [0.2, 0.25) is 0 Å². The van der Waals surface area contributed by atoms with Crippen LogP contribution in [0.3, 0.4) is 0 Å². The molecule has 28 heteroatoms. The normalized spacial score (nSPS) is 8.06. The number of carboxylic acid groups (broad SMARTS) is 4. The summed E-state index contributed by atoms with van der Waals surface area (Å²) in [5, 5.41) is 126. The number of hydrogen-bond donors (Lipinski definition) is 0. The van der Waals surface area contributed by atoms with Crippen molar-refractivity contribution < 1.29 is 192 Å². The van der Waals surface area contributed by atoms with Gasteiger partial charge in [0, 0.05) is 0 Å². The zero-order valence-electron chi connectivity index (χ0n) is 36.6. The first-order valence-corrected chi connectivity index (χ1v) is 17.5. The number of carboxylic acids is 4. The third-order valence-electron chi connectivity index (χ3n) is 5.93. The van der Waals surface area contributed by atoms with Gasteiger partial charge in [-0.2, -0.15) is 14.2 Å². The molecule has 68 heavy (non-hydrogen) atoms.